The maximum absolute atomic E-state index is 6.02. The molecule has 4 nitrogen and oxygen atoms in total. The van der Waals surface area contributed by atoms with Gasteiger partial charge in [-0.2, -0.15) is 0 Å². The molecule has 0 atom stereocenters. The second-order valence-electron chi connectivity index (χ2n) is 11.5. The lowest BCUT2D eigenvalue weighted by Crippen LogP contribution is -2.43. The first-order valence-electron chi connectivity index (χ1n) is 14.3. The van der Waals surface area contributed by atoms with Gasteiger partial charge >= 0.3 is 0 Å². The molecule has 0 aromatic heterocycles. The Hall–Kier alpha value is -1.26. The number of benzene rings is 1. The third-order valence-corrected chi connectivity index (χ3v) is 6.99. The lowest BCUT2D eigenvalue weighted by Gasteiger charge is -2.30. The van der Waals surface area contributed by atoms with E-state index >= 15 is 0 Å². The summed E-state index contributed by atoms with van der Waals surface area (Å²) in [4.78, 5) is 0. The van der Waals surface area contributed by atoms with Crippen LogP contribution in [0.15, 0.2) is 24.3 Å². The number of rotatable bonds is 22. The fraction of sp³-hybridized carbons (Fsp3) is 0.800. The zero-order chi connectivity index (χ0) is 25.1. The van der Waals surface area contributed by atoms with E-state index in [-0.39, 0.29) is 0 Å². The van der Waals surface area contributed by atoms with Crippen molar-refractivity contribution >= 4 is 0 Å². The van der Waals surface area contributed by atoms with E-state index in [4.69, 9.17) is 9.47 Å². The molecule has 1 aromatic carbocycles. The molecule has 0 N–H and O–H groups in total. The fourth-order valence-corrected chi connectivity index (χ4v) is 4.32. The van der Waals surface area contributed by atoms with Gasteiger partial charge in [0.1, 0.15) is 37.8 Å². The van der Waals surface area contributed by atoms with Crippen molar-refractivity contribution in [3.63, 3.8) is 0 Å². The second kappa shape index (κ2) is 18.1. The van der Waals surface area contributed by atoms with Crippen LogP contribution in [-0.2, 0) is 0 Å². The maximum atomic E-state index is 6.02. The van der Waals surface area contributed by atoms with Gasteiger partial charge in [-0.15, -0.1) is 0 Å². The summed E-state index contributed by atoms with van der Waals surface area (Å²) in [5.74, 6) is 1.87. The summed E-state index contributed by atoms with van der Waals surface area (Å²) < 4.78 is 14.1. The molecule has 4 heteroatoms. The molecule has 34 heavy (non-hydrogen) atoms. The molecule has 0 heterocycles. The highest BCUT2D eigenvalue weighted by molar-refractivity contribution is 5.31. The van der Waals surface area contributed by atoms with Crippen LogP contribution in [0, 0.1) is 0 Å². The van der Waals surface area contributed by atoms with Gasteiger partial charge in [-0.3, -0.25) is 0 Å². The van der Waals surface area contributed by atoms with Gasteiger partial charge < -0.3 is 18.4 Å². The average Bonchev–Trinajstić information content (AvgIpc) is 2.79. The summed E-state index contributed by atoms with van der Waals surface area (Å²) in [6, 6.07) is 8.16. The van der Waals surface area contributed by atoms with Crippen LogP contribution in [0.3, 0.4) is 0 Å². The molecule has 1 aromatic rings. The van der Waals surface area contributed by atoms with Crippen LogP contribution in [0.4, 0.5) is 0 Å². The smallest absolute Gasteiger partial charge is 0.137 e. The van der Waals surface area contributed by atoms with E-state index in [9.17, 15) is 0 Å². The van der Waals surface area contributed by atoms with Crippen molar-refractivity contribution in [1.29, 1.82) is 0 Å². The summed E-state index contributed by atoms with van der Waals surface area (Å²) in [6.07, 6.45) is 16.3. The topological polar surface area (TPSA) is 18.5 Å². The van der Waals surface area contributed by atoms with E-state index in [2.05, 4.69) is 42.0 Å². The highest BCUT2D eigenvalue weighted by Gasteiger charge is 2.15. The van der Waals surface area contributed by atoms with E-state index in [0.717, 1.165) is 46.8 Å². The minimum absolute atomic E-state index is 0.757. The van der Waals surface area contributed by atoms with Crippen LogP contribution >= 0.6 is 0 Å². The minimum atomic E-state index is 0.757. The predicted octanol–water partition coefficient (Wildman–Crippen LogP) is 7.32. The van der Waals surface area contributed by atoms with Crippen molar-refractivity contribution in [3.8, 4) is 11.5 Å². The van der Waals surface area contributed by atoms with E-state index in [1.807, 2.05) is 24.3 Å². The van der Waals surface area contributed by atoms with Crippen LogP contribution in [0.5, 0.6) is 11.5 Å². The standard InChI is InChI=1S/C30H58N2O2/c1-7-9-11-13-15-17-23-31(3,4)25-27-33-29-19-21-30(22-20-29)34-28-26-32(5,6)24-18-16-14-12-10-8-2/h19-22H,7-18,23-28H2,1-6H3/q+2. The van der Waals surface area contributed by atoms with Gasteiger partial charge in [-0.1, -0.05) is 65.2 Å². The summed E-state index contributed by atoms with van der Waals surface area (Å²) in [6.45, 7) is 10.6. The van der Waals surface area contributed by atoms with Gasteiger partial charge in [0.25, 0.3) is 0 Å². The van der Waals surface area contributed by atoms with E-state index in [1.54, 1.807) is 0 Å². The molecule has 0 fully saturated rings. The Kier molecular flexibility index (Phi) is 16.4. The monoisotopic (exact) mass is 478 g/mol. The number of likely N-dealkylation sites (N-methyl/N-ethyl adjacent to an activating group) is 2. The van der Waals surface area contributed by atoms with E-state index in [1.165, 1.54) is 90.1 Å². The van der Waals surface area contributed by atoms with Crippen LogP contribution < -0.4 is 9.47 Å². The van der Waals surface area contributed by atoms with Crippen molar-refractivity contribution in [2.45, 2.75) is 90.9 Å². The molecule has 1 rings (SSSR count). The maximum Gasteiger partial charge on any atom is 0.137 e. The molecule has 0 radical (unpaired) electrons. The zero-order valence-electron chi connectivity index (χ0n) is 23.7. The third-order valence-electron chi connectivity index (χ3n) is 6.99. The molecular formula is C30H58N2O2+2. The second-order valence-corrected chi connectivity index (χ2v) is 11.5. The third kappa shape index (κ3) is 16.4. The van der Waals surface area contributed by atoms with Gasteiger partial charge in [-0.05, 0) is 49.9 Å². The van der Waals surface area contributed by atoms with Gasteiger partial charge in [0.15, 0.2) is 0 Å². The first-order chi connectivity index (χ1) is 16.3. The molecule has 0 amide bonds. The zero-order valence-corrected chi connectivity index (χ0v) is 23.7. The van der Waals surface area contributed by atoms with Gasteiger partial charge in [0.2, 0.25) is 0 Å². The molecule has 0 aliphatic heterocycles. The molecule has 198 valence electrons. The number of unbranched alkanes of at least 4 members (excludes halogenated alkanes) is 10. The largest absolute Gasteiger partial charge is 0.488 e. The quantitative estimate of drug-likeness (QED) is 0.128. The van der Waals surface area contributed by atoms with Gasteiger partial charge in [0, 0.05) is 0 Å². The average molecular weight is 479 g/mol. The molecule has 0 spiro atoms. The summed E-state index contributed by atoms with van der Waals surface area (Å²) in [5.41, 5.74) is 0. The van der Waals surface area contributed by atoms with E-state index < -0.39 is 0 Å². The van der Waals surface area contributed by atoms with Gasteiger partial charge in [0.05, 0.1) is 41.3 Å². The number of nitrogens with zero attached hydrogens (tertiary/aromatic N) is 2. The predicted molar refractivity (Wildman–Crippen MR) is 148 cm³/mol. The number of quaternary nitrogens is 2. The Balaban J connectivity index is 2.19. The molecule has 0 aliphatic carbocycles. The summed E-state index contributed by atoms with van der Waals surface area (Å²) in [7, 11) is 9.27. The first kappa shape index (κ1) is 30.8. The number of ether oxygens (including phenoxy) is 2. The number of hydrogen-bond acceptors (Lipinski definition) is 2. The molecule has 0 saturated heterocycles. The van der Waals surface area contributed by atoms with Crippen molar-refractivity contribution < 1.29 is 18.4 Å². The summed E-state index contributed by atoms with van der Waals surface area (Å²) >= 11 is 0. The van der Waals surface area contributed by atoms with Crippen LogP contribution in [0.25, 0.3) is 0 Å². The Bertz CT molecular complexity index is 545. The first-order valence-corrected chi connectivity index (χ1v) is 14.3. The van der Waals surface area contributed by atoms with Crippen molar-refractivity contribution in [3.05, 3.63) is 24.3 Å². The molecule has 0 bridgehead atoms. The highest BCUT2D eigenvalue weighted by Crippen LogP contribution is 2.18. The lowest BCUT2D eigenvalue weighted by atomic mass is 10.1. The van der Waals surface area contributed by atoms with Crippen molar-refractivity contribution in [2.75, 3.05) is 67.6 Å². The van der Waals surface area contributed by atoms with Crippen molar-refractivity contribution in [1.82, 2.24) is 0 Å². The molecule has 0 saturated carbocycles. The Morgan fingerprint density at radius 3 is 1.15 bits per heavy atom. The van der Waals surface area contributed by atoms with Crippen LogP contribution in [0.2, 0.25) is 0 Å². The number of hydrogen-bond donors (Lipinski definition) is 0. The van der Waals surface area contributed by atoms with Crippen molar-refractivity contribution in [2.24, 2.45) is 0 Å². The lowest BCUT2D eigenvalue weighted by molar-refractivity contribution is -0.890. The van der Waals surface area contributed by atoms with E-state index in [0.29, 0.717) is 0 Å². The minimum Gasteiger partial charge on any atom is -0.488 e. The Morgan fingerprint density at radius 1 is 0.471 bits per heavy atom. The molecule has 0 aliphatic rings. The summed E-state index contributed by atoms with van der Waals surface area (Å²) in [5, 5.41) is 0. The van der Waals surface area contributed by atoms with Crippen LogP contribution in [0.1, 0.15) is 90.9 Å². The molecular weight excluding hydrogens is 420 g/mol. The molecule has 0 unspecified atom stereocenters. The normalized spacial score (nSPS) is 12.2. The van der Waals surface area contributed by atoms with Crippen LogP contribution in [-0.4, -0.2) is 76.5 Å². The Labute approximate surface area is 212 Å². The Morgan fingerprint density at radius 2 is 0.794 bits per heavy atom. The highest BCUT2D eigenvalue weighted by atomic mass is 16.5. The fourth-order valence-electron chi connectivity index (χ4n) is 4.32. The SMILES string of the molecule is CCCCCCCC[N+](C)(C)CCOc1ccc(OCC[N+](C)(C)CCCCCCCC)cc1. The van der Waals surface area contributed by atoms with Gasteiger partial charge in [-0.25, -0.2) is 0 Å².